The molecule has 0 N–H and O–H groups in total. The lowest BCUT2D eigenvalue weighted by Gasteiger charge is -2.11. The number of rotatable bonds is 5. The van der Waals surface area contributed by atoms with E-state index in [4.69, 9.17) is 23.8 Å². The number of fused-ring (bicyclic) bond motifs is 12. The maximum absolute atomic E-state index is 6.93. The summed E-state index contributed by atoms with van der Waals surface area (Å²) < 4.78 is 15.6. The van der Waals surface area contributed by atoms with E-state index in [1.807, 2.05) is 30.3 Å². The number of aromatic nitrogens is 4. The molecule has 0 saturated heterocycles. The lowest BCUT2D eigenvalue weighted by molar-refractivity contribution is 0.666. The molecule has 6 nitrogen and oxygen atoms in total. The molecular formula is C59H34N4O2. The van der Waals surface area contributed by atoms with E-state index in [-0.39, 0.29) is 0 Å². The first-order valence-electron chi connectivity index (χ1n) is 21.8. The lowest BCUT2D eigenvalue weighted by atomic mass is 10.0. The van der Waals surface area contributed by atoms with Crippen LogP contribution in [0.4, 0.5) is 0 Å². The van der Waals surface area contributed by atoms with Crippen LogP contribution in [-0.4, -0.2) is 19.5 Å². The van der Waals surface area contributed by atoms with E-state index >= 15 is 0 Å². The fraction of sp³-hybridized carbons (Fsp3) is 0. The number of hydrogen-bond acceptors (Lipinski definition) is 5. The van der Waals surface area contributed by atoms with Crippen molar-refractivity contribution >= 4 is 87.2 Å². The first-order valence-corrected chi connectivity index (χ1v) is 21.8. The summed E-state index contributed by atoms with van der Waals surface area (Å²) in [5, 5.41) is 11.2. The number of furan rings is 2. The minimum atomic E-state index is 0.563. The molecule has 0 fully saturated rings. The highest BCUT2D eigenvalue weighted by Gasteiger charge is 2.21. The third-order valence-electron chi connectivity index (χ3n) is 13.0. The zero-order valence-electron chi connectivity index (χ0n) is 34.7. The van der Waals surface area contributed by atoms with Gasteiger partial charge in [0.15, 0.2) is 23.1 Å². The molecule has 10 aromatic carbocycles. The quantitative estimate of drug-likeness (QED) is 0.173. The van der Waals surface area contributed by atoms with Crippen LogP contribution in [0.5, 0.6) is 0 Å². The fourth-order valence-corrected chi connectivity index (χ4v) is 9.93. The van der Waals surface area contributed by atoms with Gasteiger partial charge in [0, 0.05) is 49.0 Å². The molecule has 302 valence electrons. The summed E-state index contributed by atoms with van der Waals surface area (Å²) in [6.07, 6.45) is 0. The maximum atomic E-state index is 6.93. The average Bonchev–Trinajstić information content (AvgIpc) is 4.05. The molecule has 6 heteroatoms. The molecule has 0 aliphatic heterocycles. The second kappa shape index (κ2) is 13.8. The molecule has 0 radical (unpaired) electrons. The molecule has 4 aromatic heterocycles. The highest BCUT2D eigenvalue weighted by molar-refractivity contribution is 6.21. The number of hydrogen-bond donors (Lipinski definition) is 0. The van der Waals surface area contributed by atoms with Gasteiger partial charge >= 0.3 is 0 Å². The van der Waals surface area contributed by atoms with Gasteiger partial charge in [0.25, 0.3) is 0 Å². The van der Waals surface area contributed by atoms with Gasteiger partial charge in [-0.15, -0.1) is 0 Å². The van der Waals surface area contributed by atoms with Gasteiger partial charge in [0.2, 0.25) is 0 Å². The van der Waals surface area contributed by atoms with Gasteiger partial charge in [0.05, 0.1) is 16.7 Å². The molecule has 14 rings (SSSR count). The van der Waals surface area contributed by atoms with Crippen molar-refractivity contribution in [2.75, 3.05) is 0 Å². The van der Waals surface area contributed by atoms with Crippen molar-refractivity contribution in [3.05, 3.63) is 206 Å². The van der Waals surface area contributed by atoms with Crippen LogP contribution < -0.4 is 0 Å². The first kappa shape index (κ1) is 35.7. The average molecular weight is 831 g/mol. The highest BCUT2D eigenvalue weighted by Crippen LogP contribution is 2.42. The summed E-state index contributed by atoms with van der Waals surface area (Å²) in [7, 11) is 0. The monoisotopic (exact) mass is 830 g/mol. The molecule has 0 saturated carbocycles. The second-order valence-electron chi connectivity index (χ2n) is 16.8. The van der Waals surface area contributed by atoms with Gasteiger partial charge in [-0.1, -0.05) is 146 Å². The topological polar surface area (TPSA) is 69.9 Å². The standard InChI is InChI=1S/C59H34N4O2/c1-2-12-35(13-3-1)37-16-10-17-40(30-37)57-60-58(62-59(61-57)42-26-28-45-44-19-7-9-23-52(44)64-54(45)34-42)41-25-24-36-27-29-53-55(47(36)32-41)46-20-11-22-50(56(46)65-53)63-49-21-8-6-18-43(49)48-31-38-14-4-5-15-39(38)33-51(48)63/h1-34H. The lowest BCUT2D eigenvalue weighted by Crippen LogP contribution is -2.00. The van der Waals surface area contributed by atoms with E-state index in [1.165, 1.54) is 21.5 Å². The zero-order chi connectivity index (χ0) is 42.6. The molecule has 0 aliphatic rings. The summed E-state index contributed by atoms with van der Waals surface area (Å²) in [5.74, 6) is 1.72. The summed E-state index contributed by atoms with van der Waals surface area (Å²) in [5.41, 5.74) is 11.4. The van der Waals surface area contributed by atoms with Crippen molar-refractivity contribution in [1.82, 2.24) is 19.5 Å². The van der Waals surface area contributed by atoms with Gasteiger partial charge in [-0.2, -0.15) is 0 Å². The molecule has 0 bridgehead atoms. The number of benzene rings is 10. The number of nitrogens with zero attached hydrogens (tertiary/aromatic N) is 4. The van der Waals surface area contributed by atoms with Crippen LogP contribution in [0.2, 0.25) is 0 Å². The molecule has 4 heterocycles. The molecule has 0 amide bonds. The van der Waals surface area contributed by atoms with Crippen molar-refractivity contribution in [1.29, 1.82) is 0 Å². The van der Waals surface area contributed by atoms with E-state index < -0.39 is 0 Å². The summed E-state index contributed by atoms with van der Waals surface area (Å²) >= 11 is 0. The molecule has 0 spiro atoms. The van der Waals surface area contributed by atoms with Crippen LogP contribution in [0.15, 0.2) is 215 Å². The molecule has 0 unspecified atom stereocenters. The number of para-hydroxylation sites is 3. The Bertz CT molecular complexity index is 4250. The Kier molecular flexibility index (Phi) is 7.59. The van der Waals surface area contributed by atoms with Crippen LogP contribution in [0.25, 0.3) is 138 Å². The molecule has 65 heavy (non-hydrogen) atoms. The maximum Gasteiger partial charge on any atom is 0.164 e. The van der Waals surface area contributed by atoms with Gasteiger partial charge in [-0.05, 0) is 93.3 Å². The van der Waals surface area contributed by atoms with E-state index in [2.05, 4.69) is 180 Å². The van der Waals surface area contributed by atoms with Crippen molar-refractivity contribution in [3.8, 4) is 51.0 Å². The van der Waals surface area contributed by atoms with Crippen molar-refractivity contribution < 1.29 is 8.83 Å². The minimum Gasteiger partial charge on any atom is -0.456 e. The first-order chi connectivity index (χ1) is 32.2. The van der Waals surface area contributed by atoms with Gasteiger partial charge in [-0.3, -0.25) is 0 Å². The van der Waals surface area contributed by atoms with Gasteiger partial charge < -0.3 is 13.4 Å². The fourth-order valence-electron chi connectivity index (χ4n) is 9.93. The third kappa shape index (κ3) is 5.57. The van der Waals surface area contributed by atoms with Crippen LogP contribution in [-0.2, 0) is 0 Å². The largest absolute Gasteiger partial charge is 0.456 e. The second-order valence-corrected chi connectivity index (χ2v) is 16.8. The van der Waals surface area contributed by atoms with Crippen LogP contribution in [0, 0.1) is 0 Å². The van der Waals surface area contributed by atoms with Gasteiger partial charge in [0.1, 0.15) is 16.7 Å². The molecule has 0 aliphatic carbocycles. The smallest absolute Gasteiger partial charge is 0.164 e. The van der Waals surface area contributed by atoms with Crippen LogP contribution in [0.1, 0.15) is 0 Å². The Balaban J connectivity index is 0.970. The Labute approximate surface area is 371 Å². The van der Waals surface area contributed by atoms with Crippen molar-refractivity contribution in [2.45, 2.75) is 0 Å². The Hall–Kier alpha value is -8.87. The van der Waals surface area contributed by atoms with Crippen LogP contribution in [0.3, 0.4) is 0 Å². The van der Waals surface area contributed by atoms with Crippen molar-refractivity contribution in [3.63, 3.8) is 0 Å². The predicted molar refractivity (Wildman–Crippen MR) is 265 cm³/mol. The van der Waals surface area contributed by atoms with E-state index in [0.29, 0.717) is 17.5 Å². The summed E-state index contributed by atoms with van der Waals surface area (Å²) in [6, 6.07) is 72.1. The Morgan fingerprint density at radius 3 is 1.80 bits per heavy atom. The molecular weight excluding hydrogens is 797 g/mol. The molecule has 14 aromatic rings. The Morgan fingerprint density at radius 2 is 0.938 bits per heavy atom. The summed E-state index contributed by atoms with van der Waals surface area (Å²) in [6.45, 7) is 0. The third-order valence-corrected chi connectivity index (χ3v) is 13.0. The van der Waals surface area contributed by atoms with Crippen molar-refractivity contribution in [2.24, 2.45) is 0 Å². The zero-order valence-corrected chi connectivity index (χ0v) is 34.7. The SMILES string of the molecule is c1ccc(-c2cccc(-c3nc(-c4ccc5c(c4)oc4ccccc45)nc(-c4ccc5ccc6oc7c(-n8c9ccccc9c9cc%10ccccc%10cc98)cccc7c6c5c4)n3)c2)cc1. The normalized spacial score (nSPS) is 12.0. The highest BCUT2D eigenvalue weighted by atomic mass is 16.3. The molecule has 0 atom stereocenters. The van der Waals surface area contributed by atoms with E-state index in [0.717, 1.165) is 99.2 Å². The minimum absolute atomic E-state index is 0.563. The predicted octanol–water partition coefficient (Wildman–Crippen LogP) is 15.7. The summed E-state index contributed by atoms with van der Waals surface area (Å²) in [4.78, 5) is 15.6. The van der Waals surface area contributed by atoms with E-state index in [1.54, 1.807) is 0 Å². The van der Waals surface area contributed by atoms with Gasteiger partial charge in [-0.25, -0.2) is 15.0 Å². The van der Waals surface area contributed by atoms with Crippen LogP contribution >= 0.6 is 0 Å². The van der Waals surface area contributed by atoms with E-state index in [9.17, 15) is 0 Å². The Morgan fingerprint density at radius 1 is 0.308 bits per heavy atom.